The van der Waals surface area contributed by atoms with E-state index in [4.69, 9.17) is 15.6 Å². The zero-order chi connectivity index (χ0) is 24.6. The van der Waals surface area contributed by atoms with Crippen LogP contribution in [0.4, 0.5) is 13.2 Å². The van der Waals surface area contributed by atoms with Gasteiger partial charge in [-0.05, 0) is 46.2 Å². The van der Waals surface area contributed by atoms with E-state index >= 15 is 0 Å². The molecule has 2 atom stereocenters. The van der Waals surface area contributed by atoms with Crippen molar-refractivity contribution in [3.63, 3.8) is 0 Å². The first-order valence-corrected chi connectivity index (χ1v) is 12.0. The van der Waals surface area contributed by atoms with Crippen LogP contribution in [0.25, 0.3) is 4.85 Å². The first-order chi connectivity index (χ1) is 15.6. The van der Waals surface area contributed by atoms with Crippen LogP contribution in [0.1, 0.15) is 58.6 Å². The van der Waals surface area contributed by atoms with E-state index in [2.05, 4.69) is 59.3 Å². The van der Waals surface area contributed by atoms with Gasteiger partial charge in [0, 0.05) is 29.6 Å². The maximum Gasteiger partial charge on any atom is 0.442 e. The summed E-state index contributed by atoms with van der Waals surface area (Å²) in [6, 6.07) is 6.21. The second-order valence-corrected chi connectivity index (χ2v) is 9.52. The standard InChI is InChI=1S/C23H30F3N4O2P/c1-7-21(32-33(31-16-15-27-6)30(17(2)3)18(4)5)10-8-9-19-11-13-20(14-12-19)22(28-29-22)23(24,25)26/h11-14,17-18,21H,7,10,15-16H2,1-5H3/t21-,33?/m1/s1. The van der Waals surface area contributed by atoms with Crippen molar-refractivity contribution in [2.75, 3.05) is 13.2 Å². The predicted molar refractivity (Wildman–Crippen MR) is 122 cm³/mol. The van der Waals surface area contributed by atoms with Crippen molar-refractivity contribution >= 4 is 8.53 Å². The second kappa shape index (κ2) is 11.9. The number of halogens is 3. The Kier molecular flexibility index (Phi) is 9.82. The van der Waals surface area contributed by atoms with Crippen LogP contribution in [0.3, 0.4) is 0 Å². The molecular formula is C23H30F3N4O2P. The highest BCUT2D eigenvalue weighted by Gasteiger charge is 2.65. The largest absolute Gasteiger partial charge is 0.442 e. The van der Waals surface area contributed by atoms with Crippen LogP contribution in [-0.4, -0.2) is 42.2 Å². The van der Waals surface area contributed by atoms with Gasteiger partial charge in [0.25, 0.3) is 8.53 Å². The van der Waals surface area contributed by atoms with Crippen molar-refractivity contribution in [3.05, 3.63) is 46.8 Å². The molecule has 180 valence electrons. The average Bonchev–Trinajstić information content (AvgIpc) is 3.55. The number of rotatable bonds is 11. The molecule has 0 saturated carbocycles. The van der Waals surface area contributed by atoms with E-state index in [0.29, 0.717) is 18.6 Å². The highest BCUT2D eigenvalue weighted by Crippen LogP contribution is 2.52. The van der Waals surface area contributed by atoms with Crippen LogP contribution in [0, 0.1) is 18.4 Å². The number of hydrogen-bond donors (Lipinski definition) is 0. The fourth-order valence-corrected chi connectivity index (χ4v) is 4.94. The minimum absolute atomic E-state index is 0.0139. The van der Waals surface area contributed by atoms with Crippen molar-refractivity contribution in [3.8, 4) is 11.8 Å². The summed E-state index contributed by atoms with van der Waals surface area (Å²) in [7, 11) is -1.36. The van der Waals surface area contributed by atoms with Gasteiger partial charge in [-0.3, -0.25) is 0 Å². The number of alkyl halides is 3. The summed E-state index contributed by atoms with van der Waals surface area (Å²) >= 11 is 0. The van der Waals surface area contributed by atoms with E-state index in [0.717, 1.165) is 6.42 Å². The quantitative estimate of drug-likeness (QED) is 0.153. The third kappa shape index (κ3) is 7.22. The molecule has 0 radical (unpaired) electrons. The van der Waals surface area contributed by atoms with Gasteiger partial charge in [0.2, 0.25) is 6.54 Å². The van der Waals surface area contributed by atoms with E-state index in [1.165, 1.54) is 12.1 Å². The lowest BCUT2D eigenvalue weighted by atomic mass is 10.0. The highest BCUT2D eigenvalue weighted by molar-refractivity contribution is 7.44. The molecule has 0 fully saturated rings. The molecular weight excluding hydrogens is 452 g/mol. The molecule has 33 heavy (non-hydrogen) atoms. The van der Waals surface area contributed by atoms with Gasteiger partial charge >= 0.3 is 11.8 Å². The number of benzene rings is 1. The SMILES string of the molecule is [C-]#[N+]CCOP(O[C@H](CC)CC#Cc1ccc(C2(C(F)(F)F)N=N2)cc1)N(C(C)C)C(C)C. The van der Waals surface area contributed by atoms with E-state index < -0.39 is 20.4 Å². The summed E-state index contributed by atoms with van der Waals surface area (Å²) in [5, 5.41) is 6.42. The third-order valence-electron chi connectivity index (χ3n) is 4.89. The molecule has 10 heteroatoms. The van der Waals surface area contributed by atoms with Gasteiger partial charge in [-0.25, -0.2) is 11.2 Å². The summed E-state index contributed by atoms with van der Waals surface area (Å²) in [5.41, 5.74) is -1.82. The Hall–Kier alpha value is -2.03. The van der Waals surface area contributed by atoms with Crippen molar-refractivity contribution in [2.24, 2.45) is 10.2 Å². The fourth-order valence-electron chi connectivity index (χ4n) is 3.17. The van der Waals surface area contributed by atoms with Crippen LogP contribution in [0.15, 0.2) is 34.5 Å². The minimum atomic E-state index is -4.54. The van der Waals surface area contributed by atoms with E-state index in [1.807, 2.05) is 6.92 Å². The summed E-state index contributed by atoms with van der Waals surface area (Å²) in [4.78, 5) is 3.34. The Morgan fingerprint density at radius 1 is 1.15 bits per heavy atom. The van der Waals surface area contributed by atoms with Gasteiger partial charge in [-0.15, -0.1) is 10.2 Å². The van der Waals surface area contributed by atoms with Crippen LogP contribution >= 0.6 is 8.53 Å². The van der Waals surface area contributed by atoms with Gasteiger partial charge in [0.15, 0.2) is 0 Å². The predicted octanol–water partition coefficient (Wildman–Crippen LogP) is 6.69. The van der Waals surface area contributed by atoms with Gasteiger partial charge in [-0.1, -0.05) is 30.9 Å². The molecule has 1 aliphatic heterocycles. The highest BCUT2D eigenvalue weighted by atomic mass is 31.2. The first kappa shape index (κ1) is 27.2. The summed E-state index contributed by atoms with van der Waals surface area (Å²) in [5.74, 6) is 6.06. The van der Waals surface area contributed by atoms with Gasteiger partial charge in [0.1, 0.15) is 6.61 Å². The number of hydrogen-bond acceptors (Lipinski definition) is 5. The topological polar surface area (TPSA) is 50.8 Å². The Labute approximate surface area is 195 Å². The van der Waals surface area contributed by atoms with Crippen molar-refractivity contribution in [2.45, 2.75) is 77.5 Å². The van der Waals surface area contributed by atoms with Crippen LogP contribution in [0.5, 0.6) is 0 Å². The molecule has 0 bridgehead atoms. The summed E-state index contributed by atoms with van der Waals surface area (Å²) < 4.78 is 53.7. The second-order valence-electron chi connectivity index (χ2n) is 8.11. The van der Waals surface area contributed by atoms with E-state index in [9.17, 15) is 13.2 Å². The van der Waals surface area contributed by atoms with Crippen LogP contribution < -0.4 is 0 Å². The molecule has 1 aromatic rings. The van der Waals surface area contributed by atoms with Crippen molar-refractivity contribution in [1.82, 2.24) is 4.67 Å². The zero-order valence-corrected chi connectivity index (χ0v) is 20.5. The molecule has 1 aromatic carbocycles. The Morgan fingerprint density at radius 2 is 1.76 bits per heavy atom. The monoisotopic (exact) mass is 482 g/mol. The molecule has 0 amide bonds. The molecule has 1 aliphatic rings. The molecule has 0 N–H and O–H groups in total. The molecule has 6 nitrogen and oxygen atoms in total. The van der Waals surface area contributed by atoms with Gasteiger partial charge < -0.3 is 13.9 Å². The fraction of sp³-hybridized carbons (Fsp3) is 0.609. The smallest absolute Gasteiger partial charge is 0.318 e. The molecule has 1 unspecified atom stereocenters. The van der Waals surface area contributed by atoms with E-state index in [-0.39, 0.29) is 30.3 Å². The van der Waals surface area contributed by atoms with Gasteiger partial charge in [-0.2, -0.15) is 13.2 Å². The van der Waals surface area contributed by atoms with Gasteiger partial charge in [0.05, 0.1) is 6.10 Å². The lowest BCUT2D eigenvalue weighted by Crippen LogP contribution is -2.34. The zero-order valence-electron chi connectivity index (χ0n) is 19.6. The molecule has 1 heterocycles. The van der Waals surface area contributed by atoms with Crippen molar-refractivity contribution in [1.29, 1.82) is 0 Å². The lowest BCUT2D eigenvalue weighted by Gasteiger charge is -2.36. The first-order valence-electron chi connectivity index (χ1n) is 10.9. The maximum atomic E-state index is 13.1. The Morgan fingerprint density at radius 3 is 2.21 bits per heavy atom. The van der Waals surface area contributed by atoms with Crippen LogP contribution in [0.2, 0.25) is 0 Å². The van der Waals surface area contributed by atoms with Crippen LogP contribution in [-0.2, 0) is 14.7 Å². The number of nitrogens with zero attached hydrogens (tertiary/aromatic N) is 4. The normalized spacial score (nSPS) is 16.4. The van der Waals surface area contributed by atoms with E-state index in [1.54, 1.807) is 12.1 Å². The molecule has 0 aromatic heterocycles. The summed E-state index contributed by atoms with van der Waals surface area (Å²) in [6.45, 7) is 17.8. The lowest BCUT2D eigenvalue weighted by molar-refractivity contribution is -0.166. The summed E-state index contributed by atoms with van der Waals surface area (Å²) in [6.07, 6.45) is -3.54. The average molecular weight is 482 g/mol. The maximum absolute atomic E-state index is 13.1. The minimum Gasteiger partial charge on any atom is -0.318 e. The molecule has 0 aliphatic carbocycles. The molecule has 0 saturated heterocycles. The molecule has 2 rings (SSSR count). The van der Waals surface area contributed by atoms with Crippen molar-refractivity contribution < 1.29 is 22.2 Å². The molecule has 0 spiro atoms. The Bertz CT molecular complexity index is 888. The Balaban J connectivity index is 2.04. The third-order valence-corrected chi connectivity index (χ3v) is 7.07.